The molecule has 0 bridgehead atoms. The van der Waals surface area contributed by atoms with Gasteiger partial charge in [0.1, 0.15) is 12.1 Å². The molecule has 0 spiro atoms. The number of rotatable bonds is 4. The van der Waals surface area contributed by atoms with Gasteiger partial charge >= 0.3 is 0 Å². The highest BCUT2D eigenvalue weighted by Crippen LogP contribution is 2.44. The molecular weight excluding hydrogens is 378 g/mol. The number of nitrogens with zero attached hydrogens (tertiary/aromatic N) is 2. The Hall–Kier alpha value is -3.13. The number of hydrogen-bond acceptors (Lipinski definition) is 6. The van der Waals surface area contributed by atoms with Crippen LogP contribution in [0.5, 0.6) is 17.2 Å². The van der Waals surface area contributed by atoms with Crippen molar-refractivity contribution in [3.8, 4) is 22.9 Å². The van der Waals surface area contributed by atoms with Crippen LogP contribution < -0.4 is 14.8 Å². The van der Waals surface area contributed by atoms with Crippen LogP contribution in [0.1, 0.15) is 16.5 Å². The van der Waals surface area contributed by atoms with Gasteiger partial charge in [0.25, 0.3) is 0 Å². The fourth-order valence-corrected chi connectivity index (χ4v) is 4.28. The van der Waals surface area contributed by atoms with Crippen molar-refractivity contribution >= 4 is 23.5 Å². The molecule has 4 rings (SSSR count). The lowest BCUT2D eigenvalue weighted by Crippen LogP contribution is -2.12. The number of hydrogen-bond donors (Lipinski definition) is 2. The van der Waals surface area contributed by atoms with Crippen LogP contribution in [0.3, 0.4) is 0 Å². The van der Waals surface area contributed by atoms with Crippen molar-refractivity contribution in [2.45, 2.75) is 5.25 Å². The summed E-state index contributed by atoms with van der Waals surface area (Å²) in [5.41, 5.74) is 2.67. The molecule has 0 aliphatic carbocycles. The van der Waals surface area contributed by atoms with Crippen molar-refractivity contribution in [2.24, 2.45) is 0 Å². The van der Waals surface area contributed by atoms with E-state index in [4.69, 9.17) is 9.47 Å². The summed E-state index contributed by atoms with van der Waals surface area (Å²) >= 11 is 1.50. The number of anilines is 1. The molecule has 1 atom stereocenters. The van der Waals surface area contributed by atoms with E-state index in [2.05, 4.69) is 10.3 Å². The van der Waals surface area contributed by atoms with E-state index >= 15 is 0 Å². The molecule has 1 aliphatic heterocycles. The average Bonchev–Trinajstić information content (AvgIpc) is 3.04. The first-order chi connectivity index (χ1) is 13.6. The lowest BCUT2D eigenvalue weighted by Gasteiger charge is -2.19. The number of imidazole rings is 1. The van der Waals surface area contributed by atoms with Crippen LogP contribution in [0.15, 0.2) is 48.8 Å². The highest BCUT2D eigenvalue weighted by atomic mass is 32.2. The van der Waals surface area contributed by atoms with Gasteiger partial charge in [0, 0.05) is 5.69 Å². The van der Waals surface area contributed by atoms with Crippen LogP contribution in [-0.4, -0.2) is 40.5 Å². The van der Waals surface area contributed by atoms with Gasteiger partial charge in [-0.3, -0.25) is 9.36 Å². The fraction of sp³-hybridized carbons (Fsp3) is 0.200. The van der Waals surface area contributed by atoms with Gasteiger partial charge in [-0.05, 0) is 42.0 Å². The Morgan fingerprint density at radius 2 is 1.96 bits per heavy atom. The van der Waals surface area contributed by atoms with Gasteiger partial charge < -0.3 is 19.9 Å². The van der Waals surface area contributed by atoms with Crippen molar-refractivity contribution in [2.75, 3.05) is 25.3 Å². The number of aromatic nitrogens is 2. The van der Waals surface area contributed by atoms with Crippen LogP contribution in [0, 0.1) is 0 Å². The standard InChI is InChI=1S/C20H19N3O4S/c1-26-14-6-4-13(5-7-14)23-11-21-20-18(23)19(28-10-17(25)22-20)12-3-8-15(24)16(9-12)27-2/h3-9,11,19,24H,10H2,1-2H3,(H,22,25)/t19-/m0/s1. The molecule has 7 nitrogen and oxygen atoms in total. The highest BCUT2D eigenvalue weighted by Gasteiger charge is 2.29. The number of benzene rings is 2. The molecule has 0 saturated heterocycles. The molecule has 0 saturated carbocycles. The number of phenolic OH excluding ortho intramolecular Hbond substituents is 1. The Morgan fingerprint density at radius 1 is 1.18 bits per heavy atom. The van der Waals surface area contributed by atoms with E-state index in [9.17, 15) is 9.90 Å². The molecule has 144 valence electrons. The molecule has 8 heteroatoms. The molecule has 2 N–H and O–H groups in total. The Bertz CT molecular complexity index is 1020. The van der Waals surface area contributed by atoms with Crippen molar-refractivity contribution < 1.29 is 19.4 Å². The number of methoxy groups -OCH3 is 2. The summed E-state index contributed by atoms with van der Waals surface area (Å²) in [5, 5.41) is 12.6. The SMILES string of the molecule is COc1ccc(-n2cnc3c2[C@H](c2ccc(O)c(OC)c2)SCC(=O)N3)cc1. The Morgan fingerprint density at radius 3 is 2.68 bits per heavy atom. The first-order valence-electron chi connectivity index (χ1n) is 8.60. The summed E-state index contributed by atoms with van der Waals surface area (Å²) in [5.74, 6) is 1.95. The Labute approximate surface area is 166 Å². The first-order valence-corrected chi connectivity index (χ1v) is 9.65. The van der Waals surface area contributed by atoms with Gasteiger partial charge in [-0.2, -0.15) is 0 Å². The fourth-order valence-electron chi connectivity index (χ4n) is 3.17. The normalized spacial score (nSPS) is 16.1. The number of thioether (sulfide) groups is 1. The van der Waals surface area contributed by atoms with E-state index in [-0.39, 0.29) is 16.9 Å². The molecule has 0 fully saturated rings. The zero-order valence-electron chi connectivity index (χ0n) is 15.4. The van der Waals surface area contributed by atoms with Gasteiger partial charge in [0.05, 0.1) is 30.9 Å². The largest absolute Gasteiger partial charge is 0.504 e. The van der Waals surface area contributed by atoms with Crippen LogP contribution >= 0.6 is 11.8 Å². The molecule has 1 aromatic heterocycles. The maximum Gasteiger partial charge on any atom is 0.235 e. The third-order valence-electron chi connectivity index (χ3n) is 4.55. The predicted molar refractivity (Wildman–Crippen MR) is 108 cm³/mol. The second kappa shape index (κ2) is 7.47. The van der Waals surface area contributed by atoms with Crippen LogP contribution in [-0.2, 0) is 4.79 Å². The predicted octanol–water partition coefficient (Wildman–Crippen LogP) is 3.37. The number of ether oxygens (including phenoxy) is 2. The number of fused-ring (bicyclic) bond motifs is 1. The summed E-state index contributed by atoms with van der Waals surface area (Å²) in [6.45, 7) is 0. The van der Waals surface area contributed by atoms with Gasteiger partial charge in [0.2, 0.25) is 5.91 Å². The molecule has 0 radical (unpaired) electrons. The number of carbonyl (C=O) groups excluding carboxylic acids is 1. The van der Waals surface area contributed by atoms with Crippen LogP contribution in [0.25, 0.3) is 5.69 Å². The molecular formula is C20H19N3O4S. The Kier molecular flexibility index (Phi) is 4.87. The number of carbonyl (C=O) groups is 1. The number of amides is 1. The minimum atomic E-state index is -0.173. The van der Waals surface area contributed by atoms with Crippen molar-refractivity contribution in [1.29, 1.82) is 0 Å². The monoisotopic (exact) mass is 397 g/mol. The average molecular weight is 397 g/mol. The number of phenols is 1. The third-order valence-corrected chi connectivity index (χ3v) is 5.81. The van der Waals surface area contributed by atoms with E-state index in [1.54, 1.807) is 25.6 Å². The lowest BCUT2D eigenvalue weighted by molar-refractivity contribution is -0.113. The topological polar surface area (TPSA) is 85.6 Å². The Balaban J connectivity index is 1.84. The van der Waals surface area contributed by atoms with E-state index in [1.807, 2.05) is 34.9 Å². The maximum absolute atomic E-state index is 12.2. The summed E-state index contributed by atoms with van der Waals surface area (Å²) < 4.78 is 12.5. The van der Waals surface area contributed by atoms with Gasteiger partial charge in [-0.1, -0.05) is 6.07 Å². The van der Waals surface area contributed by atoms with Gasteiger partial charge in [0.15, 0.2) is 17.3 Å². The van der Waals surface area contributed by atoms with Crippen LogP contribution in [0.4, 0.5) is 5.82 Å². The number of nitrogens with one attached hydrogen (secondary N) is 1. The van der Waals surface area contributed by atoms with Gasteiger partial charge in [-0.25, -0.2) is 4.98 Å². The van der Waals surface area contributed by atoms with Crippen molar-refractivity contribution in [3.05, 3.63) is 60.0 Å². The second-order valence-electron chi connectivity index (χ2n) is 6.22. The molecule has 2 aromatic carbocycles. The molecule has 0 unspecified atom stereocenters. The summed E-state index contributed by atoms with van der Waals surface area (Å²) in [6, 6.07) is 12.9. The molecule has 28 heavy (non-hydrogen) atoms. The summed E-state index contributed by atoms with van der Waals surface area (Å²) in [7, 11) is 3.13. The smallest absolute Gasteiger partial charge is 0.235 e. The zero-order chi connectivity index (χ0) is 19.7. The molecule has 1 amide bonds. The lowest BCUT2D eigenvalue weighted by atomic mass is 10.1. The van der Waals surface area contributed by atoms with Crippen molar-refractivity contribution in [3.63, 3.8) is 0 Å². The molecule has 3 aromatic rings. The molecule has 1 aliphatic rings. The van der Waals surface area contributed by atoms with E-state index in [0.717, 1.165) is 22.7 Å². The number of aromatic hydroxyl groups is 1. The minimum absolute atomic E-state index is 0.0722. The van der Waals surface area contributed by atoms with Crippen LogP contribution in [0.2, 0.25) is 0 Å². The summed E-state index contributed by atoms with van der Waals surface area (Å²) in [6.07, 6.45) is 1.70. The van der Waals surface area contributed by atoms with Gasteiger partial charge in [-0.15, -0.1) is 11.8 Å². The maximum atomic E-state index is 12.2. The zero-order valence-corrected chi connectivity index (χ0v) is 16.2. The van der Waals surface area contributed by atoms with E-state index in [1.165, 1.54) is 18.9 Å². The highest BCUT2D eigenvalue weighted by molar-refractivity contribution is 8.00. The quantitative estimate of drug-likeness (QED) is 0.702. The van der Waals surface area contributed by atoms with E-state index < -0.39 is 0 Å². The minimum Gasteiger partial charge on any atom is -0.504 e. The third kappa shape index (κ3) is 3.27. The summed E-state index contributed by atoms with van der Waals surface area (Å²) in [4.78, 5) is 16.6. The van der Waals surface area contributed by atoms with E-state index in [0.29, 0.717) is 17.3 Å². The van der Waals surface area contributed by atoms with Crippen molar-refractivity contribution in [1.82, 2.24) is 9.55 Å². The first kappa shape index (κ1) is 18.2. The second-order valence-corrected chi connectivity index (χ2v) is 7.31. The molecule has 2 heterocycles.